The lowest BCUT2D eigenvalue weighted by atomic mass is 9.93. The summed E-state index contributed by atoms with van der Waals surface area (Å²) in [6.07, 6.45) is 1.08. The van der Waals surface area contributed by atoms with E-state index in [0.29, 0.717) is 22.5 Å². The minimum absolute atomic E-state index is 0.154. The number of carboxylic acid groups (broad SMARTS) is 2. The molecule has 0 saturated heterocycles. The monoisotopic (exact) mass is 302 g/mol. The second kappa shape index (κ2) is 6.59. The Bertz CT molecular complexity index is 537. The number of rotatable bonds is 5. The molecule has 19 heavy (non-hydrogen) atoms. The zero-order valence-corrected chi connectivity index (χ0v) is 11.6. The van der Waals surface area contributed by atoms with Crippen LogP contribution in [0.15, 0.2) is 29.8 Å². The Labute approximate surface area is 120 Å². The Kier molecular flexibility index (Phi) is 5.39. The highest BCUT2D eigenvalue weighted by atomic mass is 35.5. The molecule has 0 spiro atoms. The molecule has 1 unspecified atom stereocenters. The first kappa shape index (κ1) is 15.5. The molecule has 102 valence electrons. The molecule has 0 fully saturated rings. The van der Waals surface area contributed by atoms with Crippen molar-refractivity contribution in [2.24, 2.45) is 5.92 Å². The number of halogens is 2. The van der Waals surface area contributed by atoms with Gasteiger partial charge in [-0.15, -0.1) is 0 Å². The Morgan fingerprint density at radius 2 is 1.89 bits per heavy atom. The molecule has 4 nitrogen and oxygen atoms in total. The maximum absolute atomic E-state index is 11.0. The van der Waals surface area contributed by atoms with Gasteiger partial charge in [-0.25, -0.2) is 9.59 Å². The molecule has 1 atom stereocenters. The van der Waals surface area contributed by atoms with Crippen LogP contribution in [0.1, 0.15) is 12.5 Å². The van der Waals surface area contributed by atoms with Gasteiger partial charge in [0.25, 0.3) is 0 Å². The lowest BCUT2D eigenvalue weighted by Crippen LogP contribution is -2.14. The van der Waals surface area contributed by atoms with Gasteiger partial charge in [0.05, 0.1) is 10.0 Å². The standard InChI is InChI=1S/C13H12Cl2O4/c1-7(9(13(18)19)6-12(16)17)4-8-2-3-10(14)11(15)5-8/h2-3,5-7H,4H2,1H3,(H,16,17)(H,18,19)/b9-6-. The van der Waals surface area contributed by atoms with E-state index >= 15 is 0 Å². The number of carbonyl (C=O) groups is 2. The molecular formula is C13H12Cl2O4. The van der Waals surface area contributed by atoms with Gasteiger partial charge < -0.3 is 10.2 Å². The van der Waals surface area contributed by atoms with Crippen LogP contribution in [0, 0.1) is 5.92 Å². The topological polar surface area (TPSA) is 74.6 Å². The van der Waals surface area contributed by atoms with E-state index in [1.807, 2.05) is 0 Å². The average Bonchev–Trinajstić information content (AvgIpc) is 2.30. The summed E-state index contributed by atoms with van der Waals surface area (Å²) < 4.78 is 0. The molecule has 1 aromatic rings. The molecule has 0 bridgehead atoms. The van der Waals surface area contributed by atoms with Gasteiger partial charge in [-0.1, -0.05) is 36.2 Å². The summed E-state index contributed by atoms with van der Waals surface area (Å²) >= 11 is 11.7. The molecule has 2 N–H and O–H groups in total. The van der Waals surface area contributed by atoms with E-state index in [9.17, 15) is 9.59 Å². The van der Waals surface area contributed by atoms with Gasteiger partial charge in [-0.05, 0) is 30.0 Å². The highest BCUT2D eigenvalue weighted by molar-refractivity contribution is 6.42. The highest BCUT2D eigenvalue weighted by Gasteiger charge is 2.18. The third kappa shape index (κ3) is 4.58. The quantitative estimate of drug-likeness (QED) is 0.819. The summed E-state index contributed by atoms with van der Waals surface area (Å²) in [5, 5.41) is 18.4. The van der Waals surface area contributed by atoms with Crippen molar-refractivity contribution in [2.75, 3.05) is 0 Å². The molecule has 0 aliphatic rings. The van der Waals surface area contributed by atoms with E-state index in [4.69, 9.17) is 33.4 Å². The van der Waals surface area contributed by atoms with Gasteiger partial charge in [-0.2, -0.15) is 0 Å². The molecule has 1 rings (SSSR count). The zero-order chi connectivity index (χ0) is 14.6. The Hall–Kier alpha value is -1.52. The van der Waals surface area contributed by atoms with Crippen molar-refractivity contribution in [2.45, 2.75) is 13.3 Å². The molecule has 0 radical (unpaired) electrons. The second-order valence-electron chi connectivity index (χ2n) is 4.10. The first-order valence-corrected chi connectivity index (χ1v) is 6.18. The van der Waals surface area contributed by atoms with Gasteiger partial charge in [0.1, 0.15) is 0 Å². The highest BCUT2D eigenvalue weighted by Crippen LogP contribution is 2.25. The van der Waals surface area contributed by atoms with Crippen LogP contribution in [0.4, 0.5) is 0 Å². The van der Waals surface area contributed by atoms with Crippen molar-refractivity contribution >= 4 is 35.1 Å². The average molecular weight is 303 g/mol. The van der Waals surface area contributed by atoms with E-state index in [1.54, 1.807) is 25.1 Å². The van der Waals surface area contributed by atoms with Gasteiger partial charge in [0.2, 0.25) is 0 Å². The first-order chi connectivity index (χ1) is 8.81. The third-order valence-electron chi connectivity index (χ3n) is 2.58. The number of aliphatic carboxylic acids is 2. The summed E-state index contributed by atoms with van der Waals surface area (Å²) in [5.74, 6) is -2.97. The molecule has 1 aromatic carbocycles. The Balaban J connectivity index is 2.93. The van der Waals surface area contributed by atoms with E-state index in [1.165, 1.54) is 0 Å². The molecule has 0 heterocycles. The number of hydrogen-bond donors (Lipinski definition) is 2. The largest absolute Gasteiger partial charge is 0.478 e. The number of hydrogen-bond acceptors (Lipinski definition) is 2. The fourth-order valence-corrected chi connectivity index (χ4v) is 2.00. The Morgan fingerprint density at radius 1 is 1.26 bits per heavy atom. The molecule has 0 aromatic heterocycles. The minimum atomic E-state index is -1.28. The molecule has 0 amide bonds. The number of carboxylic acids is 2. The summed E-state index contributed by atoms with van der Waals surface area (Å²) in [6, 6.07) is 4.98. The van der Waals surface area contributed by atoms with Crippen molar-refractivity contribution in [3.05, 3.63) is 45.5 Å². The van der Waals surface area contributed by atoms with Crippen LogP contribution in [-0.2, 0) is 16.0 Å². The molecular weight excluding hydrogens is 291 g/mol. The number of benzene rings is 1. The van der Waals surface area contributed by atoms with Crippen molar-refractivity contribution in [1.29, 1.82) is 0 Å². The lowest BCUT2D eigenvalue weighted by Gasteiger charge is -2.12. The van der Waals surface area contributed by atoms with Crippen LogP contribution in [0.25, 0.3) is 0 Å². The van der Waals surface area contributed by atoms with Crippen LogP contribution in [0.3, 0.4) is 0 Å². The summed E-state index contributed by atoms with van der Waals surface area (Å²) in [6.45, 7) is 1.64. The summed E-state index contributed by atoms with van der Waals surface area (Å²) in [4.78, 5) is 21.6. The van der Waals surface area contributed by atoms with Crippen LogP contribution in [0.5, 0.6) is 0 Å². The minimum Gasteiger partial charge on any atom is -0.478 e. The Morgan fingerprint density at radius 3 is 2.37 bits per heavy atom. The first-order valence-electron chi connectivity index (χ1n) is 5.43. The van der Waals surface area contributed by atoms with Crippen molar-refractivity contribution in [3.63, 3.8) is 0 Å². The van der Waals surface area contributed by atoms with Crippen LogP contribution in [0.2, 0.25) is 10.0 Å². The van der Waals surface area contributed by atoms with Crippen LogP contribution in [-0.4, -0.2) is 22.2 Å². The zero-order valence-electron chi connectivity index (χ0n) is 10.1. The van der Waals surface area contributed by atoms with E-state index in [-0.39, 0.29) is 5.57 Å². The fourth-order valence-electron chi connectivity index (χ4n) is 1.68. The molecule has 0 aliphatic carbocycles. The fraction of sp³-hybridized carbons (Fsp3) is 0.231. The van der Waals surface area contributed by atoms with E-state index in [0.717, 1.165) is 5.56 Å². The van der Waals surface area contributed by atoms with Crippen molar-refractivity contribution in [1.82, 2.24) is 0 Å². The van der Waals surface area contributed by atoms with Crippen molar-refractivity contribution < 1.29 is 19.8 Å². The molecule has 6 heteroatoms. The van der Waals surface area contributed by atoms with Crippen LogP contribution >= 0.6 is 23.2 Å². The van der Waals surface area contributed by atoms with Gasteiger partial charge in [0, 0.05) is 11.6 Å². The van der Waals surface area contributed by atoms with Gasteiger partial charge in [0.15, 0.2) is 0 Å². The van der Waals surface area contributed by atoms with Crippen molar-refractivity contribution in [3.8, 4) is 0 Å². The second-order valence-corrected chi connectivity index (χ2v) is 4.91. The van der Waals surface area contributed by atoms with Gasteiger partial charge >= 0.3 is 11.9 Å². The maximum Gasteiger partial charge on any atom is 0.332 e. The lowest BCUT2D eigenvalue weighted by molar-refractivity contribution is -0.135. The third-order valence-corrected chi connectivity index (χ3v) is 3.32. The van der Waals surface area contributed by atoms with E-state index in [2.05, 4.69) is 0 Å². The summed E-state index contributed by atoms with van der Waals surface area (Å²) in [5.41, 5.74) is 0.637. The summed E-state index contributed by atoms with van der Waals surface area (Å²) in [7, 11) is 0. The maximum atomic E-state index is 11.0. The predicted molar refractivity (Wildman–Crippen MR) is 72.7 cm³/mol. The SMILES string of the molecule is CC(Cc1ccc(Cl)c(Cl)c1)/C(=C/C(=O)O)C(=O)O. The van der Waals surface area contributed by atoms with E-state index < -0.39 is 17.9 Å². The normalized spacial score (nSPS) is 13.1. The smallest absolute Gasteiger partial charge is 0.332 e. The molecule has 0 saturated carbocycles. The van der Waals surface area contributed by atoms with Crippen LogP contribution < -0.4 is 0 Å². The predicted octanol–water partition coefficient (Wildman–Crippen LogP) is 3.27. The molecule has 0 aliphatic heterocycles. The van der Waals surface area contributed by atoms with Gasteiger partial charge in [-0.3, -0.25) is 0 Å².